The highest BCUT2D eigenvalue weighted by Gasteiger charge is 2.15. The molecule has 3 aromatic rings. The van der Waals surface area contributed by atoms with Crippen LogP contribution in [0.5, 0.6) is 6.08 Å². The van der Waals surface area contributed by atoms with Crippen molar-refractivity contribution in [2.24, 2.45) is 0 Å². The van der Waals surface area contributed by atoms with E-state index in [-0.39, 0.29) is 17.9 Å². The van der Waals surface area contributed by atoms with Gasteiger partial charge in [0, 0.05) is 5.56 Å². The van der Waals surface area contributed by atoms with Gasteiger partial charge in [0.1, 0.15) is 0 Å². The molecule has 0 amide bonds. The molecule has 3 rings (SSSR count). The Kier molecular flexibility index (Phi) is 4.92. The van der Waals surface area contributed by atoms with Crippen molar-refractivity contribution in [1.82, 2.24) is 20.3 Å². The minimum absolute atomic E-state index is 0.0691. The van der Waals surface area contributed by atoms with E-state index in [2.05, 4.69) is 27.3 Å². The van der Waals surface area contributed by atoms with Gasteiger partial charge in [-0.25, -0.2) is 0 Å². The maximum absolute atomic E-state index is 5.45. The Hall–Kier alpha value is -2.35. The average molecular weight is 332 g/mol. The van der Waals surface area contributed by atoms with E-state index in [0.717, 1.165) is 11.3 Å². The molecule has 0 aliphatic rings. The van der Waals surface area contributed by atoms with Crippen LogP contribution < -0.4 is 4.74 Å². The second kappa shape index (κ2) is 7.28. The molecule has 1 aromatic carbocycles. The van der Waals surface area contributed by atoms with Crippen molar-refractivity contribution in [2.75, 3.05) is 5.75 Å². The van der Waals surface area contributed by atoms with Crippen molar-refractivity contribution in [3.8, 4) is 17.5 Å². The third-order valence-electron chi connectivity index (χ3n) is 3.01. The van der Waals surface area contributed by atoms with E-state index < -0.39 is 0 Å². The Morgan fingerprint density at radius 3 is 2.83 bits per heavy atom. The lowest BCUT2D eigenvalue weighted by atomic mass is 10.2. The topological polar surface area (TPSA) is 87.1 Å². The number of hydrogen-bond donors (Lipinski definition) is 0. The predicted octanol–water partition coefficient (Wildman–Crippen LogP) is 3.51. The van der Waals surface area contributed by atoms with Gasteiger partial charge < -0.3 is 13.7 Å². The van der Waals surface area contributed by atoms with Gasteiger partial charge in [0.2, 0.25) is 0 Å². The van der Waals surface area contributed by atoms with Crippen LogP contribution in [-0.2, 0) is 6.61 Å². The molecule has 120 valence electrons. The summed E-state index contributed by atoms with van der Waals surface area (Å²) in [5.74, 6) is 2.43. The van der Waals surface area contributed by atoms with Crippen LogP contribution >= 0.6 is 11.8 Å². The molecule has 0 N–H and O–H groups in total. The molecule has 0 spiro atoms. The Morgan fingerprint density at radius 1 is 1.22 bits per heavy atom. The fraction of sp³-hybridized carbons (Fsp3) is 0.333. The van der Waals surface area contributed by atoms with Crippen LogP contribution in [0.2, 0.25) is 0 Å². The van der Waals surface area contributed by atoms with Crippen LogP contribution in [0.4, 0.5) is 0 Å². The molecule has 23 heavy (non-hydrogen) atoms. The van der Waals surface area contributed by atoms with Gasteiger partial charge in [-0.15, -0.1) is 5.10 Å². The molecule has 1 atom stereocenters. The zero-order valence-electron chi connectivity index (χ0n) is 12.8. The predicted molar refractivity (Wildman–Crippen MR) is 84.9 cm³/mol. The van der Waals surface area contributed by atoms with Crippen molar-refractivity contribution in [3.63, 3.8) is 0 Å². The molecule has 0 saturated carbocycles. The highest BCUT2D eigenvalue weighted by atomic mass is 32.2. The van der Waals surface area contributed by atoms with Crippen molar-refractivity contribution in [3.05, 3.63) is 42.0 Å². The molecule has 2 heterocycles. The number of ether oxygens (including phenoxy) is 1. The molecule has 0 bridgehead atoms. The normalized spacial score (nSPS) is 12.3. The summed E-state index contributed by atoms with van der Waals surface area (Å²) in [4.78, 5) is 4.30. The van der Waals surface area contributed by atoms with Gasteiger partial charge in [-0.2, -0.15) is 16.7 Å². The van der Waals surface area contributed by atoms with Crippen molar-refractivity contribution in [1.29, 1.82) is 0 Å². The van der Waals surface area contributed by atoms with Crippen LogP contribution in [0.3, 0.4) is 0 Å². The van der Waals surface area contributed by atoms with Gasteiger partial charge in [0.25, 0.3) is 11.8 Å². The zero-order valence-corrected chi connectivity index (χ0v) is 13.6. The highest BCUT2D eigenvalue weighted by molar-refractivity contribution is 7.99. The Morgan fingerprint density at radius 2 is 2.04 bits per heavy atom. The van der Waals surface area contributed by atoms with Crippen LogP contribution in [0.25, 0.3) is 11.5 Å². The number of hydrogen-bond acceptors (Lipinski definition) is 8. The monoisotopic (exact) mass is 332 g/mol. The van der Waals surface area contributed by atoms with E-state index in [1.165, 1.54) is 0 Å². The lowest BCUT2D eigenvalue weighted by Crippen LogP contribution is -1.97. The number of nitrogens with zero attached hydrogens (tertiary/aromatic N) is 4. The third kappa shape index (κ3) is 3.89. The standard InChI is InChI=1S/C15H16N4O3S/c1-3-23-10(2)13-16-12(22-19-13)9-20-15-18-17-14(21-15)11-7-5-4-6-8-11/h4-8,10H,3,9H2,1-2H3/t10-/m1/s1. The molecule has 0 aliphatic carbocycles. The minimum Gasteiger partial charge on any atom is -0.439 e. The molecular weight excluding hydrogens is 316 g/mol. The largest absolute Gasteiger partial charge is 0.439 e. The lowest BCUT2D eigenvalue weighted by molar-refractivity contribution is 0.188. The fourth-order valence-electron chi connectivity index (χ4n) is 1.91. The number of thioether (sulfide) groups is 1. The highest BCUT2D eigenvalue weighted by Crippen LogP contribution is 2.25. The van der Waals surface area contributed by atoms with Gasteiger partial charge in [0.15, 0.2) is 12.4 Å². The van der Waals surface area contributed by atoms with Crippen molar-refractivity contribution >= 4 is 11.8 Å². The number of aromatic nitrogens is 4. The van der Waals surface area contributed by atoms with E-state index in [1.54, 1.807) is 11.8 Å². The fourth-order valence-corrected chi connectivity index (χ4v) is 2.65. The Balaban J connectivity index is 1.60. The molecule has 0 radical (unpaired) electrons. The molecule has 2 aromatic heterocycles. The van der Waals surface area contributed by atoms with Crippen LogP contribution in [0.15, 0.2) is 39.3 Å². The first-order valence-electron chi connectivity index (χ1n) is 7.22. The SMILES string of the molecule is CCS[C@H](C)c1noc(COc2nnc(-c3ccccc3)o2)n1. The van der Waals surface area contributed by atoms with E-state index >= 15 is 0 Å². The molecule has 0 saturated heterocycles. The van der Waals surface area contributed by atoms with Gasteiger partial charge in [-0.1, -0.05) is 35.4 Å². The average Bonchev–Trinajstić information content (AvgIpc) is 3.23. The van der Waals surface area contributed by atoms with E-state index in [1.807, 2.05) is 37.3 Å². The smallest absolute Gasteiger partial charge is 0.415 e. The summed E-state index contributed by atoms with van der Waals surface area (Å²) in [6.07, 6.45) is 0.0691. The maximum Gasteiger partial charge on any atom is 0.415 e. The van der Waals surface area contributed by atoms with Crippen molar-refractivity contribution in [2.45, 2.75) is 25.7 Å². The summed E-state index contributed by atoms with van der Waals surface area (Å²) in [5, 5.41) is 11.9. The minimum atomic E-state index is 0.0691. The Labute approximate surface area is 137 Å². The van der Waals surface area contributed by atoms with Crippen LogP contribution in [0, 0.1) is 0 Å². The summed E-state index contributed by atoms with van der Waals surface area (Å²) < 4.78 is 16.0. The molecule has 7 nitrogen and oxygen atoms in total. The summed E-state index contributed by atoms with van der Waals surface area (Å²) in [6.45, 7) is 4.21. The van der Waals surface area contributed by atoms with Gasteiger partial charge >= 0.3 is 6.08 Å². The molecular formula is C15H16N4O3S. The first-order valence-corrected chi connectivity index (χ1v) is 8.27. The van der Waals surface area contributed by atoms with Crippen molar-refractivity contribution < 1.29 is 13.7 Å². The van der Waals surface area contributed by atoms with E-state index in [4.69, 9.17) is 13.7 Å². The van der Waals surface area contributed by atoms with Crippen LogP contribution in [0.1, 0.15) is 30.8 Å². The van der Waals surface area contributed by atoms with E-state index in [0.29, 0.717) is 17.6 Å². The molecule has 0 aliphatic heterocycles. The summed E-state index contributed by atoms with van der Waals surface area (Å²) in [5.41, 5.74) is 0.834. The molecule has 8 heteroatoms. The van der Waals surface area contributed by atoms with Crippen LogP contribution in [-0.4, -0.2) is 26.1 Å². The van der Waals surface area contributed by atoms with Gasteiger partial charge in [-0.05, 0) is 24.8 Å². The summed E-state index contributed by atoms with van der Waals surface area (Å²) >= 11 is 1.75. The first-order chi connectivity index (χ1) is 11.3. The number of rotatable bonds is 7. The maximum atomic E-state index is 5.45. The molecule has 0 unspecified atom stereocenters. The third-order valence-corrected chi connectivity index (χ3v) is 4.05. The molecule has 0 fully saturated rings. The number of benzene rings is 1. The Bertz CT molecular complexity index is 744. The quantitative estimate of drug-likeness (QED) is 0.649. The second-order valence-corrected chi connectivity index (χ2v) is 6.29. The van der Waals surface area contributed by atoms with E-state index in [9.17, 15) is 0 Å². The lowest BCUT2D eigenvalue weighted by Gasteiger charge is -2.01. The first kappa shape index (κ1) is 15.5. The summed E-state index contributed by atoms with van der Waals surface area (Å²) in [6, 6.07) is 9.48. The second-order valence-electron chi connectivity index (χ2n) is 4.67. The summed E-state index contributed by atoms with van der Waals surface area (Å²) in [7, 11) is 0. The van der Waals surface area contributed by atoms with Gasteiger partial charge in [0.05, 0.1) is 5.25 Å². The zero-order chi connectivity index (χ0) is 16.1. The van der Waals surface area contributed by atoms with Gasteiger partial charge in [-0.3, -0.25) is 0 Å².